The fraction of sp³-hybridized carbons (Fsp3) is 0.600. The summed E-state index contributed by atoms with van der Waals surface area (Å²) >= 11 is 12.4. The fourth-order valence-corrected chi connectivity index (χ4v) is 3.39. The molecule has 1 saturated heterocycles. The number of hydrogen-bond donors (Lipinski definition) is 1. The summed E-state index contributed by atoms with van der Waals surface area (Å²) in [5.74, 6) is 0.735. The van der Waals surface area contributed by atoms with Crippen LogP contribution in [-0.4, -0.2) is 31.6 Å². The van der Waals surface area contributed by atoms with E-state index in [2.05, 4.69) is 17.1 Å². The molecule has 0 aromatic heterocycles. The van der Waals surface area contributed by atoms with Gasteiger partial charge in [-0.1, -0.05) is 23.2 Å². The number of piperidine rings is 1. The molecule has 1 N–H and O–H groups in total. The van der Waals surface area contributed by atoms with Gasteiger partial charge >= 0.3 is 0 Å². The number of rotatable bonds is 4. The van der Waals surface area contributed by atoms with Gasteiger partial charge in [-0.15, -0.1) is 0 Å². The third-order valence-corrected chi connectivity index (χ3v) is 4.58. The Morgan fingerprint density at radius 2 is 2.21 bits per heavy atom. The standard InChI is InChI=1S/C15H22Cl2N2/c1-11(14-8-13(16)5-6-15(14)17)19-7-3-4-12(10-19)9-18-2/h5-6,8,11-12,18H,3-4,7,9-10H2,1-2H3. The van der Waals surface area contributed by atoms with Crippen molar-refractivity contribution >= 4 is 23.2 Å². The van der Waals surface area contributed by atoms with Crippen LogP contribution < -0.4 is 5.32 Å². The molecule has 2 atom stereocenters. The summed E-state index contributed by atoms with van der Waals surface area (Å²) in [6.45, 7) is 5.58. The first-order chi connectivity index (χ1) is 9.11. The summed E-state index contributed by atoms with van der Waals surface area (Å²) in [4.78, 5) is 2.52. The van der Waals surface area contributed by atoms with E-state index in [9.17, 15) is 0 Å². The van der Waals surface area contributed by atoms with Gasteiger partial charge in [0.25, 0.3) is 0 Å². The Labute approximate surface area is 126 Å². The maximum absolute atomic E-state index is 6.31. The second-order valence-electron chi connectivity index (χ2n) is 5.40. The molecule has 1 heterocycles. The van der Waals surface area contributed by atoms with E-state index in [0.717, 1.165) is 41.2 Å². The van der Waals surface area contributed by atoms with Crippen LogP contribution in [0.3, 0.4) is 0 Å². The minimum atomic E-state index is 0.325. The Morgan fingerprint density at radius 1 is 1.42 bits per heavy atom. The van der Waals surface area contributed by atoms with Crippen LogP contribution in [-0.2, 0) is 0 Å². The van der Waals surface area contributed by atoms with Crippen LogP contribution in [0, 0.1) is 5.92 Å². The molecule has 106 valence electrons. The second kappa shape index (κ2) is 6.94. The van der Waals surface area contributed by atoms with Gasteiger partial charge in [0.15, 0.2) is 0 Å². The molecule has 1 aliphatic heterocycles. The molecule has 2 unspecified atom stereocenters. The lowest BCUT2D eigenvalue weighted by atomic mass is 9.95. The van der Waals surface area contributed by atoms with Gasteiger partial charge in [0, 0.05) is 22.6 Å². The Bertz CT molecular complexity index is 421. The predicted octanol–water partition coefficient (Wildman–Crippen LogP) is 3.99. The summed E-state index contributed by atoms with van der Waals surface area (Å²) < 4.78 is 0. The molecular formula is C15H22Cl2N2. The summed E-state index contributed by atoms with van der Waals surface area (Å²) in [6.07, 6.45) is 2.57. The molecule has 0 spiro atoms. The third-order valence-electron chi connectivity index (χ3n) is 4.00. The SMILES string of the molecule is CNCC1CCCN(C(C)c2cc(Cl)ccc2Cl)C1. The van der Waals surface area contributed by atoms with Crippen LogP contribution in [0.25, 0.3) is 0 Å². The molecule has 0 radical (unpaired) electrons. The van der Waals surface area contributed by atoms with Crippen molar-refractivity contribution in [2.24, 2.45) is 5.92 Å². The highest BCUT2D eigenvalue weighted by molar-refractivity contribution is 6.33. The second-order valence-corrected chi connectivity index (χ2v) is 6.25. The van der Waals surface area contributed by atoms with E-state index in [1.54, 1.807) is 0 Å². The lowest BCUT2D eigenvalue weighted by molar-refractivity contribution is 0.131. The molecule has 4 heteroatoms. The van der Waals surface area contributed by atoms with E-state index in [4.69, 9.17) is 23.2 Å². The molecule has 1 aromatic carbocycles. The van der Waals surface area contributed by atoms with Gasteiger partial charge in [0.2, 0.25) is 0 Å². The third kappa shape index (κ3) is 3.85. The van der Waals surface area contributed by atoms with Crippen LogP contribution in [0.1, 0.15) is 31.4 Å². The number of likely N-dealkylation sites (tertiary alicyclic amines) is 1. The van der Waals surface area contributed by atoms with Gasteiger partial charge in [-0.05, 0) is 69.6 Å². The monoisotopic (exact) mass is 300 g/mol. The Balaban J connectivity index is 2.10. The first kappa shape index (κ1) is 15.1. The Hall–Kier alpha value is -0.280. The number of nitrogens with zero attached hydrogens (tertiary/aromatic N) is 1. The molecule has 2 rings (SSSR count). The van der Waals surface area contributed by atoms with Crippen LogP contribution in [0.2, 0.25) is 10.0 Å². The highest BCUT2D eigenvalue weighted by Gasteiger charge is 2.25. The maximum atomic E-state index is 6.31. The van der Waals surface area contributed by atoms with Crippen molar-refractivity contribution in [3.63, 3.8) is 0 Å². The average molecular weight is 301 g/mol. The normalized spacial score (nSPS) is 22.4. The first-order valence-electron chi connectivity index (χ1n) is 6.95. The fourth-order valence-electron chi connectivity index (χ4n) is 2.94. The molecule has 1 aliphatic rings. The minimum absolute atomic E-state index is 0.325. The molecule has 19 heavy (non-hydrogen) atoms. The van der Waals surface area contributed by atoms with Gasteiger partial charge < -0.3 is 5.32 Å². The van der Waals surface area contributed by atoms with E-state index in [1.807, 2.05) is 25.2 Å². The van der Waals surface area contributed by atoms with Crippen molar-refractivity contribution in [3.05, 3.63) is 33.8 Å². The first-order valence-corrected chi connectivity index (χ1v) is 7.71. The number of halogens is 2. The smallest absolute Gasteiger partial charge is 0.0454 e. The zero-order chi connectivity index (χ0) is 13.8. The van der Waals surface area contributed by atoms with Gasteiger partial charge in [-0.3, -0.25) is 4.90 Å². The van der Waals surface area contributed by atoms with Crippen LogP contribution in [0.15, 0.2) is 18.2 Å². The molecular weight excluding hydrogens is 279 g/mol. The lowest BCUT2D eigenvalue weighted by Crippen LogP contribution is -2.40. The minimum Gasteiger partial charge on any atom is -0.319 e. The zero-order valence-electron chi connectivity index (χ0n) is 11.6. The van der Waals surface area contributed by atoms with Crippen molar-refractivity contribution in [2.45, 2.75) is 25.8 Å². The molecule has 0 amide bonds. The van der Waals surface area contributed by atoms with Gasteiger partial charge in [0.05, 0.1) is 0 Å². The zero-order valence-corrected chi connectivity index (χ0v) is 13.1. The highest BCUT2D eigenvalue weighted by Crippen LogP contribution is 2.32. The van der Waals surface area contributed by atoms with Crippen LogP contribution in [0.4, 0.5) is 0 Å². The van der Waals surface area contributed by atoms with E-state index < -0.39 is 0 Å². The summed E-state index contributed by atoms with van der Waals surface area (Å²) in [6, 6.07) is 6.06. The van der Waals surface area contributed by atoms with Gasteiger partial charge in [-0.25, -0.2) is 0 Å². The van der Waals surface area contributed by atoms with Gasteiger partial charge in [0.1, 0.15) is 0 Å². The van der Waals surface area contributed by atoms with Crippen molar-refractivity contribution < 1.29 is 0 Å². The molecule has 0 saturated carbocycles. The van der Waals surface area contributed by atoms with Gasteiger partial charge in [-0.2, -0.15) is 0 Å². The Morgan fingerprint density at radius 3 is 2.95 bits per heavy atom. The van der Waals surface area contributed by atoms with Crippen molar-refractivity contribution in [2.75, 3.05) is 26.7 Å². The van der Waals surface area contributed by atoms with E-state index >= 15 is 0 Å². The number of nitrogens with one attached hydrogen (secondary N) is 1. The van der Waals surface area contributed by atoms with Crippen LogP contribution >= 0.6 is 23.2 Å². The lowest BCUT2D eigenvalue weighted by Gasteiger charge is -2.37. The topological polar surface area (TPSA) is 15.3 Å². The van der Waals surface area contributed by atoms with Crippen molar-refractivity contribution in [1.29, 1.82) is 0 Å². The summed E-state index contributed by atoms with van der Waals surface area (Å²) in [7, 11) is 2.02. The highest BCUT2D eigenvalue weighted by atomic mass is 35.5. The van der Waals surface area contributed by atoms with E-state index in [1.165, 1.54) is 12.8 Å². The molecule has 2 nitrogen and oxygen atoms in total. The van der Waals surface area contributed by atoms with E-state index in [0.29, 0.717) is 6.04 Å². The van der Waals surface area contributed by atoms with Crippen molar-refractivity contribution in [3.8, 4) is 0 Å². The number of hydrogen-bond acceptors (Lipinski definition) is 2. The molecule has 1 fully saturated rings. The van der Waals surface area contributed by atoms with Crippen molar-refractivity contribution in [1.82, 2.24) is 10.2 Å². The molecule has 1 aromatic rings. The largest absolute Gasteiger partial charge is 0.319 e. The van der Waals surface area contributed by atoms with Crippen LogP contribution in [0.5, 0.6) is 0 Å². The molecule has 0 aliphatic carbocycles. The molecule has 0 bridgehead atoms. The summed E-state index contributed by atoms with van der Waals surface area (Å²) in [5.41, 5.74) is 1.14. The average Bonchev–Trinajstić information content (AvgIpc) is 2.41. The van der Waals surface area contributed by atoms with E-state index in [-0.39, 0.29) is 0 Å². The maximum Gasteiger partial charge on any atom is 0.0454 e. The Kier molecular flexibility index (Phi) is 5.52. The number of benzene rings is 1. The quantitative estimate of drug-likeness (QED) is 0.904. The predicted molar refractivity (Wildman–Crippen MR) is 83.1 cm³/mol. The summed E-state index contributed by atoms with van der Waals surface area (Å²) in [5, 5.41) is 4.86.